The largest absolute Gasteiger partial charge is 0.371 e. The third-order valence-corrected chi connectivity index (χ3v) is 8.88. The Morgan fingerprint density at radius 2 is 1.55 bits per heavy atom. The maximum absolute atomic E-state index is 14.4. The van der Waals surface area contributed by atoms with Crippen molar-refractivity contribution in [3.05, 3.63) is 101 Å². The molecule has 0 aliphatic carbocycles. The van der Waals surface area contributed by atoms with E-state index in [0.29, 0.717) is 38.0 Å². The summed E-state index contributed by atoms with van der Waals surface area (Å²) in [6, 6.07) is 26.8. The summed E-state index contributed by atoms with van der Waals surface area (Å²) in [5.41, 5.74) is 10.3. The number of nitrogens with zero attached hydrogens (tertiary/aromatic N) is 3. The summed E-state index contributed by atoms with van der Waals surface area (Å²) < 4.78 is 0. The molecular formula is C34H42N4O2. The molecule has 1 spiro atoms. The highest BCUT2D eigenvalue weighted by atomic mass is 16.2. The molecule has 2 fully saturated rings. The number of carbonyl (C=O) groups excluding carboxylic acids is 2. The number of hydrogen-bond acceptors (Lipinski definition) is 4. The van der Waals surface area contributed by atoms with Crippen molar-refractivity contribution >= 4 is 17.5 Å². The van der Waals surface area contributed by atoms with Gasteiger partial charge in [-0.1, -0.05) is 87.5 Å². The lowest BCUT2D eigenvalue weighted by molar-refractivity contribution is -0.134. The van der Waals surface area contributed by atoms with Crippen molar-refractivity contribution in [3.8, 4) is 0 Å². The van der Waals surface area contributed by atoms with Crippen LogP contribution >= 0.6 is 0 Å². The summed E-state index contributed by atoms with van der Waals surface area (Å²) in [6.45, 7) is 8.76. The third kappa shape index (κ3) is 5.25. The van der Waals surface area contributed by atoms with Crippen LogP contribution in [0.15, 0.2) is 78.9 Å². The van der Waals surface area contributed by atoms with Crippen LogP contribution in [0.25, 0.3) is 0 Å². The summed E-state index contributed by atoms with van der Waals surface area (Å²) >= 11 is 0. The van der Waals surface area contributed by atoms with Crippen LogP contribution in [0.4, 0.5) is 5.69 Å². The van der Waals surface area contributed by atoms with Crippen LogP contribution in [0.1, 0.15) is 73.2 Å². The molecule has 2 aliphatic rings. The van der Waals surface area contributed by atoms with E-state index >= 15 is 0 Å². The van der Waals surface area contributed by atoms with Crippen LogP contribution in [0.2, 0.25) is 0 Å². The molecule has 0 saturated carbocycles. The molecule has 1 atom stereocenters. The van der Waals surface area contributed by atoms with E-state index in [1.165, 1.54) is 11.1 Å². The van der Waals surface area contributed by atoms with Crippen molar-refractivity contribution in [2.24, 2.45) is 5.73 Å². The number of piperidine rings is 1. The van der Waals surface area contributed by atoms with Gasteiger partial charge in [0.15, 0.2) is 0 Å². The zero-order chi connectivity index (χ0) is 28.5. The van der Waals surface area contributed by atoms with Gasteiger partial charge in [0.25, 0.3) is 5.91 Å². The first-order valence-corrected chi connectivity index (χ1v) is 14.4. The number of benzene rings is 3. The van der Waals surface area contributed by atoms with E-state index in [1.54, 1.807) is 6.07 Å². The second kappa shape index (κ2) is 11.1. The van der Waals surface area contributed by atoms with E-state index < -0.39 is 11.4 Å². The van der Waals surface area contributed by atoms with E-state index in [-0.39, 0.29) is 17.5 Å². The second-order valence-electron chi connectivity index (χ2n) is 12.3. The van der Waals surface area contributed by atoms with Gasteiger partial charge < -0.3 is 15.5 Å². The average Bonchev–Trinajstić information content (AvgIpc) is 3.15. The normalized spacial score (nSPS) is 19.4. The number of rotatable bonds is 7. The van der Waals surface area contributed by atoms with E-state index in [9.17, 15) is 9.59 Å². The quantitative estimate of drug-likeness (QED) is 0.430. The van der Waals surface area contributed by atoms with Gasteiger partial charge in [-0.25, -0.2) is 0 Å². The lowest BCUT2D eigenvalue weighted by atomic mass is 9.85. The second-order valence-corrected chi connectivity index (χ2v) is 12.3. The Morgan fingerprint density at radius 3 is 2.17 bits per heavy atom. The van der Waals surface area contributed by atoms with Gasteiger partial charge in [-0.15, -0.1) is 0 Å². The Bertz CT molecular complexity index is 1340. The highest BCUT2D eigenvalue weighted by Gasteiger charge is 2.56. The van der Waals surface area contributed by atoms with Gasteiger partial charge in [0.1, 0.15) is 11.7 Å². The fourth-order valence-electron chi connectivity index (χ4n) is 6.50. The van der Waals surface area contributed by atoms with Crippen molar-refractivity contribution in [1.29, 1.82) is 0 Å². The smallest absolute Gasteiger partial charge is 0.250 e. The van der Waals surface area contributed by atoms with E-state index in [2.05, 4.69) is 91.0 Å². The SMILES string of the molecule is CN1C(c2ccc(C(C)(C)C)cc2)N(CCCc2ccccc2)C(=O)C12CCN(c1ccccc1C(N)=O)CC2. The molecule has 40 heavy (non-hydrogen) atoms. The number of carbonyl (C=O) groups is 2. The number of amides is 2. The summed E-state index contributed by atoms with van der Waals surface area (Å²) in [4.78, 5) is 33.1. The van der Waals surface area contributed by atoms with Crippen molar-refractivity contribution in [2.75, 3.05) is 31.6 Å². The molecule has 2 saturated heterocycles. The Morgan fingerprint density at radius 1 is 0.925 bits per heavy atom. The molecule has 0 aromatic heterocycles. The maximum Gasteiger partial charge on any atom is 0.250 e. The first-order chi connectivity index (χ1) is 19.1. The zero-order valence-corrected chi connectivity index (χ0v) is 24.3. The van der Waals surface area contributed by atoms with Crippen LogP contribution in [-0.2, 0) is 16.6 Å². The molecule has 3 aromatic rings. The van der Waals surface area contributed by atoms with Gasteiger partial charge >= 0.3 is 0 Å². The van der Waals surface area contributed by atoms with Crippen molar-refractivity contribution in [1.82, 2.24) is 9.80 Å². The van der Waals surface area contributed by atoms with Crippen LogP contribution in [0.3, 0.4) is 0 Å². The summed E-state index contributed by atoms with van der Waals surface area (Å²) in [5.74, 6) is -0.205. The molecule has 3 aromatic carbocycles. The summed E-state index contributed by atoms with van der Waals surface area (Å²) in [7, 11) is 2.12. The first kappa shape index (κ1) is 27.9. The molecule has 6 heteroatoms. The number of likely N-dealkylation sites (N-methyl/N-ethyl adjacent to an activating group) is 1. The van der Waals surface area contributed by atoms with Gasteiger partial charge in [0.2, 0.25) is 5.91 Å². The Kier molecular flexibility index (Phi) is 7.74. The number of aryl methyl sites for hydroxylation is 1. The highest BCUT2D eigenvalue weighted by Crippen LogP contribution is 2.45. The Hall–Kier alpha value is -3.64. The minimum Gasteiger partial charge on any atom is -0.371 e. The molecule has 6 nitrogen and oxygen atoms in total. The van der Waals surface area contributed by atoms with E-state index in [0.717, 1.165) is 24.1 Å². The van der Waals surface area contributed by atoms with Crippen LogP contribution in [-0.4, -0.2) is 53.8 Å². The topological polar surface area (TPSA) is 69.9 Å². The van der Waals surface area contributed by atoms with Crippen molar-refractivity contribution in [3.63, 3.8) is 0 Å². The van der Waals surface area contributed by atoms with E-state index in [4.69, 9.17) is 5.73 Å². The van der Waals surface area contributed by atoms with Gasteiger partial charge in [-0.3, -0.25) is 14.5 Å². The number of primary amides is 1. The molecule has 210 valence electrons. The number of anilines is 1. The molecule has 1 unspecified atom stereocenters. The zero-order valence-electron chi connectivity index (χ0n) is 24.3. The van der Waals surface area contributed by atoms with Crippen molar-refractivity contribution < 1.29 is 9.59 Å². The minimum absolute atomic E-state index is 0.0700. The predicted octanol–water partition coefficient (Wildman–Crippen LogP) is 5.53. The lowest BCUT2D eigenvalue weighted by Crippen LogP contribution is -2.55. The molecular weight excluding hydrogens is 496 g/mol. The van der Waals surface area contributed by atoms with Gasteiger partial charge in [0.05, 0.1) is 5.56 Å². The van der Waals surface area contributed by atoms with Gasteiger partial charge in [0, 0.05) is 25.3 Å². The standard InChI is InChI=1S/C34H42N4O2/c1-33(2,3)27-18-16-26(17-19-27)31-36(4)34(32(40)38(31)22-10-13-25-11-6-5-7-12-25)20-23-37(24-21-34)29-15-9-8-14-28(29)30(35)39/h5-9,11-12,14-19,31H,10,13,20-24H2,1-4H3,(H2,35,39). The average molecular weight is 539 g/mol. The number of hydrogen-bond donors (Lipinski definition) is 1. The van der Waals surface area contributed by atoms with E-state index in [1.807, 2.05) is 24.3 Å². The molecule has 0 radical (unpaired) electrons. The first-order valence-electron chi connectivity index (χ1n) is 14.4. The maximum atomic E-state index is 14.4. The molecule has 2 N–H and O–H groups in total. The lowest BCUT2D eigenvalue weighted by Gasteiger charge is -2.43. The van der Waals surface area contributed by atoms with Gasteiger partial charge in [-0.2, -0.15) is 0 Å². The van der Waals surface area contributed by atoms with Crippen LogP contribution < -0.4 is 10.6 Å². The Balaban J connectivity index is 1.41. The molecule has 2 heterocycles. The predicted molar refractivity (Wildman–Crippen MR) is 161 cm³/mol. The fourth-order valence-corrected chi connectivity index (χ4v) is 6.50. The van der Waals surface area contributed by atoms with Gasteiger partial charge in [-0.05, 0) is 67.0 Å². The van der Waals surface area contributed by atoms with Crippen LogP contribution in [0.5, 0.6) is 0 Å². The molecule has 5 rings (SSSR count). The monoisotopic (exact) mass is 538 g/mol. The molecule has 0 bridgehead atoms. The highest BCUT2D eigenvalue weighted by molar-refractivity contribution is 5.98. The van der Waals surface area contributed by atoms with Crippen LogP contribution in [0, 0.1) is 0 Å². The van der Waals surface area contributed by atoms with Crippen molar-refractivity contribution in [2.45, 2.75) is 63.6 Å². The summed E-state index contributed by atoms with van der Waals surface area (Å²) in [6.07, 6.45) is 3.13. The third-order valence-electron chi connectivity index (χ3n) is 8.88. The number of nitrogens with two attached hydrogens (primary N) is 1. The molecule has 2 aliphatic heterocycles. The fraction of sp³-hybridized carbons (Fsp3) is 0.412. The Labute approximate surface area is 238 Å². The molecule has 2 amide bonds. The minimum atomic E-state index is -0.571. The summed E-state index contributed by atoms with van der Waals surface area (Å²) in [5, 5.41) is 0. The number of para-hydroxylation sites is 1.